The molecule has 0 amide bonds. The predicted octanol–water partition coefficient (Wildman–Crippen LogP) is 37.9. The first-order chi connectivity index (χ1) is 66.7. The maximum atomic E-state index is 10.8. The molecule has 4 fully saturated rings. The number of hydrogen-bond donors (Lipinski definition) is 4. The smallest absolute Gasteiger partial charge is 0.0413 e. The molecule has 4 N–H and O–H groups in total. The van der Waals surface area contributed by atoms with Crippen LogP contribution in [0.25, 0.3) is 77.2 Å². The molecule has 4 heterocycles. The van der Waals surface area contributed by atoms with E-state index in [2.05, 4.69) is 391 Å². The number of fused-ring (bicyclic) bond motifs is 2. The highest BCUT2D eigenvalue weighted by atomic mass is 31.1. The van der Waals surface area contributed by atoms with Crippen LogP contribution in [-0.2, 0) is 50.3 Å². The van der Waals surface area contributed by atoms with Gasteiger partial charge in [-0.25, -0.2) is 0 Å². The number of nitrogens with zero attached hydrogens (tertiary/aromatic N) is 4. The quantitative estimate of drug-likeness (QED) is 0.0632. The summed E-state index contributed by atoms with van der Waals surface area (Å²) in [5, 5.41) is 55.3. The van der Waals surface area contributed by atoms with Gasteiger partial charge in [-0.05, 0) is 388 Å². The Hall–Kier alpha value is -6.23. The minimum Gasteiger partial charge on any atom is -0.313 e. The predicted molar refractivity (Wildman–Crippen MR) is 642 cm³/mol. The molecule has 13 heteroatoms. The summed E-state index contributed by atoms with van der Waals surface area (Å²) in [4.78, 5) is 0. The highest BCUT2D eigenvalue weighted by Crippen LogP contribution is 2.47. The Labute approximate surface area is 869 Å². The zero-order valence-corrected chi connectivity index (χ0v) is 101. The summed E-state index contributed by atoms with van der Waals surface area (Å²) >= 11 is 0. The first kappa shape index (κ1) is 130. The van der Waals surface area contributed by atoms with Crippen molar-refractivity contribution < 1.29 is 20.8 Å². The Bertz CT molecular complexity index is 5120. The minimum absolute atomic E-state index is 0.170. The zero-order valence-electron chi connectivity index (χ0n) is 95.0. The SMILES string of the molecule is CC.CC.CC.CC.CC.CC.CC.CC.CC.CC.CC1(C)CC(Cc2ccc(-c3ccc4cc(CP)ccc4c3)cc2)CC(C)(C)N1O.CC1(C)CC(Cc2ccc(-c3cccc(-c4ccc(CP)cc4)c3)cc2)CC(C)(C)N1O.CC1(C)CC(Cc2ccc3cc(CP)ccc3c2)CC(C)(C)N1O.CPc1ccc(-c2cc(CC3CC(C)(C)N(O)C(C)(C)C3)cc(-c3ccc(CP)cc3)c2)cc1. The van der Waals surface area contributed by atoms with E-state index in [0.717, 1.165) is 110 Å². The maximum Gasteiger partial charge on any atom is 0.0413 e. The Balaban J connectivity index is 0.000000597. The van der Waals surface area contributed by atoms with Gasteiger partial charge in [0.15, 0.2) is 0 Å². The maximum absolute atomic E-state index is 10.8. The van der Waals surface area contributed by atoms with Crippen molar-refractivity contribution in [2.24, 2.45) is 23.7 Å². The average Bonchev–Trinajstić information content (AvgIpc) is 0.787. The molecule has 140 heavy (non-hydrogen) atoms. The molecule has 0 saturated carbocycles. The van der Waals surface area contributed by atoms with E-state index < -0.39 is 0 Å². The van der Waals surface area contributed by atoms with Gasteiger partial charge in [0.1, 0.15) is 0 Å². The minimum atomic E-state index is -0.225. The van der Waals surface area contributed by atoms with Crippen LogP contribution in [0.15, 0.2) is 237 Å². The fraction of sp³-hybridized carbons (Fsp3) is 0.512. The number of hydrogen-bond acceptors (Lipinski definition) is 8. The molecule has 0 aliphatic carbocycles. The molecule has 776 valence electrons. The van der Waals surface area contributed by atoms with Gasteiger partial charge >= 0.3 is 0 Å². The Kier molecular flexibility index (Phi) is 58.7. The molecule has 5 unspecified atom stereocenters. The second-order valence-corrected chi connectivity index (χ2v) is 43.2. The van der Waals surface area contributed by atoms with Gasteiger partial charge in [0.25, 0.3) is 0 Å². The van der Waals surface area contributed by atoms with Crippen molar-refractivity contribution in [3.8, 4) is 55.6 Å². The first-order valence-corrected chi connectivity index (χ1v) is 58.7. The highest BCUT2D eigenvalue weighted by molar-refractivity contribution is 7.46. The number of hydroxylamine groups is 8. The van der Waals surface area contributed by atoms with Crippen LogP contribution >= 0.6 is 45.5 Å². The molecule has 5 atom stereocenters. The van der Waals surface area contributed by atoms with E-state index in [-0.39, 0.29) is 44.3 Å². The molecule has 0 spiro atoms. The second-order valence-electron chi connectivity index (χ2n) is 40.5. The molecule has 0 bridgehead atoms. The molecule has 8 nitrogen and oxygen atoms in total. The first-order valence-electron chi connectivity index (χ1n) is 53.9. The number of benzene rings is 11. The van der Waals surface area contributed by atoms with Crippen molar-refractivity contribution in [1.29, 1.82) is 0 Å². The average molecular weight is 2000 g/mol. The molecular formula is C127H199N4O4P5. The summed E-state index contributed by atoms with van der Waals surface area (Å²) in [6.07, 6.45) is 16.3. The van der Waals surface area contributed by atoms with E-state index in [0.29, 0.717) is 23.7 Å². The Morgan fingerprint density at radius 3 is 0.679 bits per heavy atom. The van der Waals surface area contributed by atoms with Gasteiger partial charge in [0.2, 0.25) is 0 Å². The van der Waals surface area contributed by atoms with Crippen LogP contribution in [0.5, 0.6) is 0 Å². The molecule has 11 aromatic carbocycles. The third kappa shape index (κ3) is 37.9. The number of piperidine rings is 4. The molecular weight excluding hydrogens is 1800 g/mol. The van der Waals surface area contributed by atoms with Crippen molar-refractivity contribution in [3.05, 3.63) is 281 Å². The van der Waals surface area contributed by atoms with E-state index in [4.69, 9.17) is 0 Å². The van der Waals surface area contributed by atoms with Crippen molar-refractivity contribution in [2.45, 2.75) is 395 Å². The molecule has 4 aliphatic heterocycles. The van der Waals surface area contributed by atoms with Crippen LogP contribution in [0.1, 0.15) is 345 Å². The molecule has 11 aromatic rings. The van der Waals surface area contributed by atoms with Crippen LogP contribution in [0.2, 0.25) is 0 Å². The van der Waals surface area contributed by atoms with Crippen LogP contribution in [-0.4, -0.2) is 92.1 Å². The normalized spacial score (nSPS) is 16.9. The molecule has 4 saturated heterocycles. The summed E-state index contributed by atoms with van der Waals surface area (Å²) in [5.74, 6) is 2.28. The summed E-state index contributed by atoms with van der Waals surface area (Å²) in [6.45, 7) is 76.6. The molecule has 4 aliphatic rings. The Morgan fingerprint density at radius 2 is 0.407 bits per heavy atom. The highest BCUT2D eigenvalue weighted by Gasteiger charge is 2.49. The van der Waals surface area contributed by atoms with Crippen LogP contribution < -0.4 is 5.30 Å². The Morgan fingerprint density at radius 1 is 0.214 bits per heavy atom. The zero-order chi connectivity index (χ0) is 106. The standard InChI is InChI=1S/C30H39NOP2.C29H36NOP.C27H34NOP.C21H30NOP.10C2H6/c1-29(2)18-23(19-30(3,4)31(29)32)14-22-15-26(24-8-6-21(20-33)7-9-24)17-27(16-22)25-10-12-28(34-5)13-11-25;1-28(2)18-23(19-29(3,4)30(28)31)16-21-8-12-24(13-9-21)26-6-5-7-27(17-26)25-14-10-22(20-32)11-15-25;1-26(2)16-21(17-27(3,4)28(26)29)13-19-5-8-22(9-6-19)24-12-11-23-14-20(18-30)7-10-25(23)15-24;1-20(2)12-17(13-21(3,4)22(20)23)9-15-5-7-19-11-16(14-24)6-8-18(19)10-15;10*1-2/h6-13,15-17,23,32,34H,14,18-20,33H2,1-5H3;5-15,17,23,31H,16,18-20,32H2,1-4H3;5-12,14-15,21,29H,13,16-18,30H2,1-4H3;5-8,10-11,17,23H,9,12-14,24H2,1-4H3;10*1-2H3. The lowest BCUT2D eigenvalue weighted by Gasteiger charge is -2.51. The lowest BCUT2D eigenvalue weighted by atomic mass is 9.73. The molecule has 0 aromatic heterocycles. The third-order valence-corrected chi connectivity index (χ3v) is 29.1. The summed E-state index contributed by atoms with van der Waals surface area (Å²) in [7, 11) is 12.0. The lowest BCUT2D eigenvalue weighted by Crippen LogP contribution is -2.59. The second kappa shape index (κ2) is 63.3. The van der Waals surface area contributed by atoms with Gasteiger partial charge in [-0.1, -0.05) is 365 Å². The molecule has 15 rings (SSSR count). The summed E-state index contributed by atoms with van der Waals surface area (Å²) in [5.41, 5.74) is 22.0. The van der Waals surface area contributed by atoms with Gasteiger partial charge in [-0.2, -0.15) is 20.3 Å². The van der Waals surface area contributed by atoms with Crippen molar-refractivity contribution >= 4 is 72.4 Å². The number of rotatable bonds is 18. The van der Waals surface area contributed by atoms with Gasteiger partial charge in [-0.15, -0.1) is 37.0 Å². The van der Waals surface area contributed by atoms with Gasteiger partial charge in [0, 0.05) is 44.3 Å². The van der Waals surface area contributed by atoms with Crippen LogP contribution in [0.4, 0.5) is 0 Å². The summed E-state index contributed by atoms with van der Waals surface area (Å²) < 4.78 is 0. The van der Waals surface area contributed by atoms with E-state index in [9.17, 15) is 20.8 Å². The lowest BCUT2D eigenvalue weighted by molar-refractivity contribution is -0.250. The molecule has 0 radical (unpaired) electrons. The fourth-order valence-corrected chi connectivity index (χ4v) is 22.8. The van der Waals surface area contributed by atoms with E-state index in [1.165, 1.54) is 127 Å². The van der Waals surface area contributed by atoms with Crippen molar-refractivity contribution in [2.75, 3.05) is 6.66 Å². The van der Waals surface area contributed by atoms with Crippen molar-refractivity contribution in [3.63, 3.8) is 0 Å². The van der Waals surface area contributed by atoms with Crippen molar-refractivity contribution in [1.82, 2.24) is 20.3 Å². The van der Waals surface area contributed by atoms with Crippen LogP contribution in [0, 0.1) is 23.7 Å². The van der Waals surface area contributed by atoms with E-state index in [1.807, 2.05) is 138 Å². The van der Waals surface area contributed by atoms with Gasteiger partial charge in [-0.3, -0.25) is 0 Å². The largest absolute Gasteiger partial charge is 0.313 e. The summed E-state index contributed by atoms with van der Waals surface area (Å²) in [6, 6.07) is 88.0. The topological polar surface area (TPSA) is 93.9 Å². The third-order valence-electron chi connectivity index (χ3n) is 26.3. The van der Waals surface area contributed by atoms with Gasteiger partial charge < -0.3 is 20.8 Å². The van der Waals surface area contributed by atoms with Crippen LogP contribution in [0.3, 0.4) is 0 Å². The monoisotopic (exact) mass is 2000 g/mol. The van der Waals surface area contributed by atoms with E-state index in [1.54, 1.807) is 20.3 Å². The fourth-order valence-electron chi connectivity index (χ4n) is 21.2. The van der Waals surface area contributed by atoms with Gasteiger partial charge in [0.05, 0.1) is 0 Å². The van der Waals surface area contributed by atoms with E-state index >= 15 is 0 Å².